The molecule has 0 unspecified atom stereocenters. The summed E-state index contributed by atoms with van der Waals surface area (Å²) < 4.78 is 25.9. The van der Waals surface area contributed by atoms with Gasteiger partial charge in [0.05, 0.1) is 24.7 Å². The first-order valence-electron chi connectivity index (χ1n) is 12.0. The van der Waals surface area contributed by atoms with Crippen molar-refractivity contribution in [2.24, 2.45) is 11.8 Å². The van der Waals surface area contributed by atoms with E-state index in [2.05, 4.69) is 6.92 Å². The number of hydrogen-bond donors (Lipinski definition) is 0. The molecule has 1 aromatic carbocycles. The molecular formula is C25H33FN2O5. The second-order valence-electron chi connectivity index (χ2n) is 9.46. The highest BCUT2D eigenvalue weighted by atomic mass is 19.1. The zero-order valence-electron chi connectivity index (χ0n) is 19.4. The van der Waals surface area contributed by atoms with Gasteiger partial charge in [0.1, 0.15) is 17.6 Å². The maximum atomic E-state index is 14.5. The summed E-state index contributed by atoms with van der Waals surface area (Å²) >= 11 is 0. The summed E-state index contributed by atoms with van der Waals surface area (Å²) in [6.45, 7) is 5.23. The number of carbonyl (C=O) groups is 3. The van der Waals surface area contributed by atoms with E-state index in [0.29, 0.717) is 51.3 Å². The van der Waals surface area contributed by atoms with Crippen LogP contribution in [-0.2, 0) is 19.1 Å². The van der Waals surface area contributed by atoms with Gasteiger partial charge in [0, 0.05) is 13.1 Å². The van der Waals surface area contributed by atoms with Crippen LogP contribution in [0.15, 0.2) is 24.3 Å². The van der Waals surface area contributed by atoms with Crippen molar-refractivity contribution in [1.29, 1.82) is 0 Å². The largest absolute Gasteiger partial charge is 0.466 e. The molecule has 2 saturated heterocycles. The molecule has 33 heavy (non-hydrogen) atoms. The third-order valence-electron chi connectivity index (χ3n) is 7.35. The van der Waals surface area contributed by atoms with Gasteiger partial charge >= 0.3 is 5.97 Å². The second-order valence-corrected chi connectivity index (χ2v) is 9.46. The van der Waals surface area contributed by atoms with Gasteiger partial charge in [-0.25, -0.2) is 4.39 Å². The molecule has 0 radical (unpaired) electrons. The summed E-state index contributed by atoms with van der Waals surface area (Å²) in [7, 11) is 0. The van der Waals surface area contributed by atoms with Crippen molar-refractivity contribution < 1.29 is 28.2 Å². The van der Waals surface area contributed by atoms with E-state index in [-0.39, 0.29) is 30.0 Å². The van der Waals surface area contributed by atoms with Crippen LogP contribution in [0.2, 0.25) is 0 Å². The molecule has 1 atom stereocenters. The maximum Gasteiger partial charge on any atom is 0.309 e. The van der Waals surface area contributed by atoms with Gasteiger partial charge in [-0.2, -0.15) is 0 Å². The summed E-state index contributed by atoms with van der Waals surface area (Å²) in [5.74, 6) is -1.22. The lowest BCUT2D eigenvalue weighted by atomic mass is 9.83. The summed E-state index contributed by atoms with van der Waals surface area (Å²) in [6.07, 6.45) is 4.08. The van der Waals surface area contributed by atoms with Gasteiger partial charge in [-0.05, 0) is 63.5 Å². The molecule has 0 bridgehead atoms. The Hall–Kier alpha value is -2.48. The fourth-order valence-corrected chi connectivity index (χ4v) is 5.34. The molecule has 2 aliphatic heterocycles. The Morgan fingerprint density at radius 3 is 2.42 bits per heavy atom. The van der Waals surface area contributed by atoms with Crippen molar-refractivity contribution in [3.8, 4) is 0 Å². The number of esters is 1. The van der Waals surface area contributed by atoms with Gasteiger partial charge in [0.2, 0.25) is 5.91 Å². The molecule has 3 fully saturated rings. The van der Waals surface area contributed by atoms with Crippen LogP contribution in [0, 0.1) is 17.7 Å². The molecule has 4 rings (SSSR count). The maximum absolute atomic E-state index is 14.5. The van der Waals surface area contributed by atoms with Crippen LogP contribution in [0.4, 0.5) is 4.39 Å². The van der Waals surface area contributed by atoms with E-state index in [1.54, 1.807) is 24.0 Å². The lowest BCUT2D eigenvalue weighted by Crippen LogP contribution is -2.58. The van der Waals surface area contributed by atoms with E-state index < -0.39 is 23.5 Å². The highest BCUT2D eigenvalue weighted by Crippen LogP contribution is 2.43. The molecular weight excluding hydrogens is 427 g/mol. The summed E-state index contributed by atoms with van der Waals surface area (Å²) in [6, 6.07) is 5.09. The van der Waals surface area contributed by atoms with Gasteiger partial charge in [0.15, 0.2) is 0 Å². The van der Waals surface area contributed by atoms with Gasteiger partial charge in [0.25, 0.3) is 5.91 Å². The monoisotopic (exact) mass is 460 g/mol. The average molecular weight is 461 g/mol. The molecule has 3 aliphatic rings. The van der Waals surface area contributed by atoms with Gasteiger partial charge in [-0.15, -0.1) is 0 Å². The summed E-state index contributed by atoms with van der Waals surface area (Å²) in [5, 5.41) is 0. The van der Waals surface area contributed by atoms with Crippen molar-refractivity contribution in [2.75, 3.05) is 26.3 Å². The molecule has 0 aromatic heterocycles. The van der Waals surface area contributed by atoms with Crippen LogP contribution in [0.25, 0.3) is 0 Å². The van der Waals surface area contributed by atoms with Crippen molar-refractivity contribution in [1.82, 2.24) is 9.80 Å². The predicted octanol–water partition coefficient (Wildman–Crippen LogP) is 3.37. The Balaban J connectivity index is 1.55. The van der Waals surface area contributed by atoms with Crippen LogP contribution in [0.3, 0.4) is 0 Å². The van der Waals surface area contributed by atoms with Gasteiger partial charge < -0.3 is 14.4 Å². The number of ether oxygens (including phenoxy) is 2. The van der Waals surface area contributed by atoms with Crippen LogP contribution >= 0.6 is 0 Å². The van der Waals surface area contributed by atoms with E-state index in [1.165, 1.54) is 17.0 Å². The van der Waals surface area contributed by atoms with Gasteiger partial charge in [-0.1, -0.05) is 19.1 Å². The number of rotatable bonds is 4. The van der Waals surface area contributed by atoms with Crippen molar-refractivity contribution in [3.05, 3.63) is 35.6 Å². The quantitative estimate of drug-likeness (QED) is 0.644. The minimum atomic E-state index is -0.880. The van der Waals surface area contributed by atoms with Crippen molar-refractivity contribution in [2.45, 2.75) is 64.1 Å². The molecule has 0 N–H and O–H groups in total. The molecule has 8 heteroatoms. The Morgan fingerprint density at radius 2 is 1.79 bits per heavy atom. The van der Waals surface area contributed by atoms with Gasteiger partial charge in [-0.3, -0.25) is 19.3 Å². The molecule has 1 aliphatic carbocycles. The number of halogens is 1. The van der Waals surface area contributed by atoms with E-state index in [0.717, 1.165) is 12.8 Å². The zero-order chi connectivity index (χ0) is 23.6. The average Bonchev–Trinajstić information content (AvgIpc) is 3.19. The molecule has 2 heterocycles. The molecule has 7 nitrogen and oxygen atoms in total. The highest BCUT2D eigenvalue weighted by Gasteiger charge is 2.54. The minimum absolute atomic E-state index is 0.0418. The smallest absolute Gasteiger partial charge is 0.309 e. The Kier molecular flexibility index (Phi) is 7.02. The Labute approximate surface area is 194 Å². The minimum Gasteiger partial charge on any atom is -0.466 e. The van der Waals surface area contributed by atoms with E-state index in [9.17, 15) is 18.8 Å². The van der Waals surface area contributed by atoms with Crippen LogP contribution in [0.1, 0.15) is 62.7 Å². The lowest BCUT2D eigenvalue weighted by molar-refractivity contribution is -0.152. The molecule has 1 saturated carbocycles. The normalized spacial score (nSPS) is 28.2. The van der Waals surface area contributed by atoms with E-state index >= 15 is 0 Å². The summed E-state index contributed by atoms with van der Waals surface area (Å²) in [5.41, 5.74) is -0.921. The molecule has 1 spiro atoms. The first-order chi connectivity index (χ1) is 15.9. The number of likely N-dealkylation sites (tertiary alicyclic amines) is 1. The fraction of sp³-hybridized carbons (Fsp3) is 0.640. The Bertz CT molecular complexity index is 891. The van der Waals surface area contributed by atoms with Crippen molar-refractivity contribution >= 4 is 17.8 Å². The van der Waals surface area contributed by atoms with Crippen molar-refractivity contribution in [3.63, 3.8) is 0 Å². The number of nitrogens with zero attached hydrogens (tertiary/aromatic N) is 2. The van der Waals surface area contributed by atoms with Crippen LogP contribution < -0.4 is 0 Å². The topological polar surface area (TPSA) is 76.2 Å². The number of amides is 2. The first-order valence-corrected chi connectivity index (χ1v) is 12.0. The second kappa shape index (κ2) is 9.79. The number of carbonyl (C=O) groups excluding carboxylic acids is 3. The Morgan fingerprint density at radius 1 is 1.12 bits per heavy atom. The first kappa shape index (κ1) is 23.7. The summed E-state index contributed by atoms with van der Waals surface area (Å²) in [4.78, 5) is 42.5. The zero-order valence-corrected chi connectivity index (χ0v) is 19.4. The number of hydrogen-bond acceptors (Lipinski definition) is 5. The number of piperidine rings is 1. The third kappa shape index (κ3) is 4.63. The molecule has 1 aromatic rings. The molecule has 180 valence electrons. The standard InChI is InChI=1S/C25H33FN2O5/c1-3-32-24(31)18-10-14-27(15-11-18)23(30)21-16-33-25(12-8-17(2)9-13-25)28(21)22(29)19-6-4-5-7-20(19)26/h4-7,17-18,21H,3,8-16H2,1-2H3/t17?,21-,25?/m0/s1. The van der Waals surface area contributed by atoms with Crippen LogP contribution in [0.5, 0.6) is 0 Å². The van der Waals surface area contributed by atoms with E-state index in [4.69, 9.17) is 9.47 Å². The third-order valence-corrected chi connectivity index (χ3v) is 7.35. The SMILES string of the molecule is CCOC(=O)C1CCN(C(=O)[C@@H]2COC3(CCC(C)CC3)N2C(=O)c2ccccc2F)CC1. The van der Waals surface area contributed by atoms with E-state index in [1.807, 2.05) is 0 Å². The lowest BCUT2D eigenvalue weighted by Gasteiger charge is -2.43. The molecule has 2 amide bonds. The fourth-order valence-electron chi connectivity index (χ4n) is 5.34. The predicted molar refractivity (Wildman–Crippen MR) is 119 cm³/mol. The van der Waals surface area contributed by atoms with Crippen LogP contribution in [-0.4, -0.2) is 65.7 Å². The number of benzene rings is 1. The highest BCUT2D eigenvalue weighted by molar-refractivity contribution is 5.98.